The highest BCUT2D eigenvalue weighted by atomic mass is 16.7. The molecule has 2 heteroatoms. The molecule has 0 fully saturated rings. The molecule has 0 amide bonds. The second-order valence-corrected chi connectivity index (χ2v) is 11.8. The maximum Gasteiger partial charge on any atom is 0.242 e. The fourth-order valence-corrected chi connectivity index (χ4v) is 5.44. The average molecular weight is 581 g/mol. The number of benzene rings is 4. The van der Waals surface area contributed by atoms with E-state index in [9.17, 15) is 0 Å². The molecule has 2 heterocycles. The van der Waals surface area contributed by atoms with Crippen LogP contribution in [0.1, 0.15) is 49.9 Å². The van der Waals surface area contributed by atoms with Gasteiger partial charge in [-0.25, -0.2) is 0 Å². The van der Waals surface area contributed by atoms with Gasteiger partial charge < -0.3 is 9.47 Å². The van der Waals surface area contributed by atoms with Crippen molar-refractivity contribution in [2.45, 2.75) is 44.7 Å². The molecule has 0 bridgehead atoms. The minimum Gasteiger partial charge on any atom is -0.329 e. The molecule has 0 saturated heterocycles. The lowest BCUT2D eigenvalue weighted by Gasteiger charge is -2.32. The van der Waals surface area contributed by atoms with E-state index in [1.807, 2.05) is 149 Å². The molecule has 4 aromatic rings. The van der Waals surface area contributed by atoms with Crippen molar-refractivity contribution in [1.82, 2.24) is 0 Å². The highest BCUT2D eigenvalue weighted by molar-refractivity contribution is 5.68. The topological polar surface area (TPSA) is 18.5 Å². The van der Waals surface area contributed by atoms with Gasteiger partial charge in [0.25, 0.3) is 0 Å². The van der Waals surface area contributed by atoms with Gasteiger partial charge in [-0.05, 0) is 76.2 Å². The van der Waals surface area contributed by atoms with E-state index in [0.29, 0.717) is 11.1 Å². The second-order valence-electron chi connectivity index (χ2n) is 11.8. The third-order valence-electron chi connectivity index (χ3n) is 7.58. The molecule has 45 heavy (non-hydrogen) atoms. The van der Waals surface area contributed by atoms with Crippen molar-refractivity contribution in [3.63, 3.8) is 0 Å². The third kappa shape index (κ3) is 6.27. The molecule has 0 unspecified atom stereocenters. The normalized spacial score (nSPS) is 16.8. The third-order valence-corrected chi connectivity index (χ3v) is 7.58. The van der Waals surface area contributed by atoms with Crippen molar-refractivity contribution < 1.29 is 9.47 Å². The monoisotopic (exact) mass is 580 g/mol. The summed E-state index contributed by atoms with van der Waals surface area (Å²) in [7, 11) is 0. The first-order valence-electron chi connectivity index (χ1n) is 15.0. The van der Waals surface area contributed by atoms with Crippen LogP contribution in [0.4, 0.5) is 0 Å². The van der Waals surface area contributed by atoms with Crippen LogP contribution in [0.5, 0.6) is 0 Å². The van der Waals surface area contributed by atoms with Crippen LogP contribution in [0.2, 0.25) is 0 Å². The van der Waals surface area contributed by atoms with Gasteiger partial charge in [-0.15, -0.1) is 0 Å². The SMILES string of the molecule is CC1(C)OC2(OC(C)(C)C(C#Cc3ccccc3)=C2C#Cc2ccccc2)C(C#Cc2ccccc2)=C1C#Cc1ccccc1. The zero-order chi connectivity index (χ0) is 31.3. The first-order chi connectivity index (χ1) is 21.8. The van der Waals surface area contributed by atoms with Crippen LogP contribution in [-0.4, -0.2) is 17.0 Å². The summed E-state index contributed by atoms with van der Waals surface area (Å²) in [4.78, 5) is 0. The zero-order valence-electron chi connectivity index (χ0n) is 25.9. The maximum atomic E-state index is 6.99. The molecule has 0 saturated carbocycles. The zero-order valence-corrected chi connectivity index (χ0v) is 25.9. The van der Waals surface area contributed by atoms with Crippen molar-refractivity contribution >= 4 is 0 Å². The largest absolute Gasteiger partial charge is 0.329 e. The number of rotatable bonds is 0. The molecular weight excluding hydrogens is 548 g/mol. The van der Waals surface area contributed by atoms with Gasteiger partial charge in [0.15, 0.2) is 0 Å². The van der Waals surface area contributed by atoms with E-state index in [1.165, 1.54) is 0 Å². The van der Waals surface area contributed by atoms with E-state index in [2.05, 4.69) is 47.4 Å². The van der Waals surface area contributed by atoms with Crippen molar-refractivity contribution in [3.05, 3.63) is 166 Å². The first kappa shape index (κ1) is 29.6. The lowest BCUT2D eigenvalue weighted by molar-refractivity contribution is -0.227. The van der Waals surface area contributed by atoms with E-state index in [4.69, 9.17) is 9.47 Å². The summed E-state index contributed by atoms with van der Waals surface area (Å²) in [5, 5.41) is 0. The van der Waals surface area contributed by atoms with Crippen LogP contribution in [-0.2, 0) is 9.47 Å². The fourth-order valence-electron chi connectivity index (χ4n) is 5.44. The molecule has 1 spiro atoms. The van der Waals surface area contributed by atoms with Crippen molar-refractivity contribution in [1.29, 1.82) is 0 Å². The predicted octanol–water partition coefficient (Wildman–Crippen LogP) is 8.10. The minimum absolute atomic E-state index is 0.640. The Morgan fingerprint density at radius 3 is 0.844 bits per heavy atom. The second kappa shape index (κ2) is 12.3. The van der Waals surface area contributed by atoms with Gasteiger partial charge in [-0.1, -0.05) is 120 Å². The van der Waals surface area contributed by atoms with Gasteiger partial charge in [0.2, 0.25) is 5.79 Å². The highest BCUT2D eigenvalue weighted by Crippen LogP contribution is 2.54. The smallest absolute Gasteiger partial charge is 0.242 e. The van der Waals surface area contributed by atoms with Crippen LogP contribution in [0, 0.1) is 47.4 Å². The molecule has 6 rings (SSSR count). The Bertz CT molecular complexity index is 1880. The van der Waals surface area contributed by atoms with Gasteiger partial charge in [-0.2, -0.15) is 0 Å². The van der Waals surface area contributed by atoms with Crippen molar-refractivity contribution in [2.75, 3.05) is 0 Å². The van der Waals surface area contributed by atoms with Crippen LogP contribution in [0.25, 0.3) is 0 Å². The lowest BCUT2D eigenvalue weighted by Crippen LogP contribution is -2.40. The molecule has 4 aromatic carbocycles. The predicted molar refractivity (Wildman–Crippen MR) is 180 cm³/mol. The summed E-state index contributed by atoms with van der Waals surface area (Å²) in [6, 6.07) is 39.6. The molecule has 0 radical (unpaired) electrons. The molecule has 0 aromatic heterocycles. The van der Waals surface area contributed by atoms with Crippen LogP contribution < -0.4 is 0 Å². The molecular formula is C43H32O2. The number of ether oxygens (including phenoxy) is 2. The molecule has 2 nitrogen and oxygen atoms in total. The molecule has 0 atom stereocenters. The molecule has 0 aliphatic carbocycles. The minimum atomic E-state index is -1.40. The van der Waals surface area contributed by atoms with Gasteiger partial charge in [-0.3, -0.25) is 0 Å². The van der Waals surface area contributed by atoms with E-state index in [1.54, 1.807) is 0 Å². The quantitative estimate of drug-likeness (QED) is 0.196. The summed E-state index contributed by atoms with van der Waals surface area (Å²) in [5.74, 6) is 25.8. The van der Waals surface area contributed by atoms with Crippen molar-refractivity contribution in [3.8, 4) is 47.4 Å². The Hall–Kier alpha value is -5.48. The molecule has 216 valence electrons. The van der Waals surface area contributed by atoms with Gasteiger partial charge >= 0.3 is 0 Å². The Morgan fingerprint density at radius 2 is 0.578 bits per heavy atom. The number of hydrogen-bond donors (Lipinski definition) is 0. The Labute approximate surface area is 266 Å². The van der Waals surface area contributed by atoms with Gasteiger partial charge in [0.05, 0.1) is 22.3 Å². The summed E-state index contributed by atoms with van der Waals surface area (Å²) in [5.41, 5.74) is 4.68. The van der Waals surface area contributed by atoms with Crippen molar-refractivity contribution in [2.24, 2.45) is 0 Å². The van der Waals surface area contributed by atoms with Crippen LogP contribution >= 0.6 is 0 Å². The standard InChI is InChI=1S/C43H32O2/c1-41(2)37(29-25-33-17-9-5-10-18-33)39(31-27-35-21-13-7-14-22-35)43(44-41)40(32-28-36-23-15-8-16-24-36)38(42(3,4)45-43)30-26-34-19-11-6-12-20-34/h5-24H,1-4H3. The lowest BCUT2D eigenvalue weighted by atomic mass is 9.88. The summed E-state index contributed by atoms with van der Waals surface area (Å²) >= 11 is 0. The van der Waals surface area contributed by atoms with Crippen LogP contribution in [0.3, 0.4) is 0 Å². The van der Waals surface area contributed by atoms with E-state index >= 15 is 0 Å². The summed E-state index contributed by atoms with van der Waals surface area (Å²) in [6.45, 7) is 8.03. The molecule has 2 aliphatic heterocycles. The average Bonchev–Trinajstić information content (AvgIpc) is 3.40. The fraction of sp³-hybridized carbons (Fsp3) is 0.163. The van der Waals surface area contributed by atoms with E-state index in [0.717, 1.165) is 33.4 Å². The molecule has 0 N–H and O–H groups in total. The maximum absolute atomic E-state index is 6.99. The first-order valence-corrected chi connectivity index (χ1v) is 15.0. The van der Waals surface area contributed by atoms with Gasteiger partial charge in [0, 0.05) is 22.3 Å². The Morgan fingerprint density at radius 1 is 0.333 bits per heavy atom. The van der Waals surface area contributed by atoms with E-state index in [-0.39, 0.29) is 0 Å². The van der Waals surface area contributed by atoms with Crippen LogP contribution in [0.15, 0.2) is 144 Å². The highest BCUT2D eigenvalue weighted by Gasteiger charge is 2.61. The Balaban J connectivity index is 1.63. The summed E-state index contributed by atoms with van der Waals surface area (Å²) < 4.78 is 14.0. The van der Waals surface area contributed by atoms with Gasteiger partial charge in [0.1, 0.15) is 11.2 Å². The number of hydrogen-bond acceptors (Lipinski definition) is 2. The summed E-state index contributed by atoms with van der Waals surface area (Å²) in [6.07, 6.45) is 0. The Kier molecular flexibility index (Phi) is 8.06. The molecule has 2 aliphatic rings. The van der Waals surface area contributed by atoms with E-state index < -0.39 is 17.0 Å².